The van der Waals surface area contributed by atoms with Crippen LogP contribution in [0.15, 0.2) is 50.4 Å². The Kier molecular flexibility index (Phi) is 5.43. The Morgan fingerprint density at radius 3 is 2.85 bits per heavy atom. The predicted octanol–water partition coefficient (Wildman–Crippen LogP) is 4.53. The number of nitrogens with zero attached hydrogens (tertiary/aromatic N) is 2. The fourth-order valence-corrected chi connectivity index (χ4v) is 2.96. The molecule has 8 nitrogen and oxygen atoms in total. The molecule has 0 aliphatic rings. The average molecular weight is 453 g/mol. The summed E-state index contributed by atoms with van der Waals surface area (Å²) in [7, 11) is 1.50. The molecule has 1 N–H and O–H groups in total. The van der Waals surface area contributed by atoms with Gasteiger partial charge in [0.1, 0.15) is 5.02 Å². The number of benzene rings is 2. The maximum Gasteiger partial charge on any atom is 0.307 e. The van der Waals surface area contributed by atoms with Gasteiger partial charge in [0.2, 0.25) is 0 Å². The lowest BCUT2D eigenvalue weighted by molar-refractivity contribution is -0.384. The number of furan rings is 1. The Morgan fingerprint density at radius 2 is 2.15 bits per heavy atom. The van der Waals surface area contributed by atoms with Crippen molar-refractivity contribution < 1.29 is 18.9 Å². The van der Waals surface area contributed by atoms with Crippen LogP contribution in [0, 0.1) is 10.1 Å². The standard InChI is InChI=1S/C17H11BrClN3O5/c1-26-14-7-11(18)5-10-6-15(27-16(10)14)17(23)21-20-8-9-2-3-12(19)13(4-9)22(24)25/h2-8H,1H3,(H,21,23)/b20-8-. The second-order valence-corrected chi connectivity index (χ2v) is 6.63. The Morgan fingerprint density at radius 1 is 1.37 bits per heavy atom. The number of carbonyl (C=O) groups is 1. The van der Waals surface area contributed by atoms with Crippen molar-refractivity contribution in [1.82, 2.24) is 5.43 Å². The van der Waals surface area contributed by atoms with Gasteiger partial charge in [-0.1, -0.05) is 33.6 Å². The summed E-state index contributed by atoms with van der Waals surface area (Å²) < 4.78 is 11.5. The van der Waals surface area contributed by atoms with E-state index in [1.165, 1.54) is 31.5 Å². The SMILES string of the molecule is COc1cc(Br)cc2cc(C(=O)N/N=C\c3ccc(Cl)c([N+](=O)[O-])c3)oc12. The summed E-state index contributed by atoms with van der Waals surface area (Å²) >= 11 is 9.10. The number of hydrogen-bond acceptors (Lipinski definition) is 6. The monoisotopic (exact) mass is 451 g/mol. The summed E-state index contributed by atoms with van der Waals surface area (Å²) in [6, 6.07) is 9.23. The maximum atomic E-state index is 12.2. The van der Waals surface area contributed by atoms with Gasteiger partial charge in [-0.25, -0.2) is 5.43 Å². The van der Waals surface area contributed by atoms with Crippen LogP contribution in [0.3, 0.4) is 0 Å². The first-order valence-corrected chi connectivity index (χ1v) is 8.60. The van der Waals surface area contributed by atoms with Gasteiger partial charge in [0.25, 0.3) is 5.69 Å². The number of nitro groups is 1. The summed E-state index contributed by atoms with van der Waals surface area (Å²) in [6.07, 6.45) is 1.26. The summed E-state index contributed by atoms with van der Waals surface area (Å²) in [5, 5.41) is 15.4. The number of rotatable bonds is 5. The highest BCUT2D eigenvalue weighted by molar-refractivity contribution is 9.10. The van der Waals surface area contributed by atoms with Crippen molar-refractivity contribution in [1.29, 1.82) is 0 Å². The molecule has 27 heavy (non-hydrogen) atoms. The lowest BCUT2D eigenvalue weighted by atomic mass is 10.2. The van der Waals surface area contributed by atoms with Gasteiger partial charge in [0, 0.05) is 21.5 Å². The molecule has 1 heterocycles. The van der Waals surface area contributed by atoms with Crippen molar-refractivity contribution in [2.75, 3.05) is 7.11 Å². The van der Waals surface area contributed by atoms with Gasteiger partial charge in [0.05, 0.1) is 18.2 Å². The Labute approximate surface area is 166 Å². The number of halogens is 2. The molecule has 0 radical (unpaired) electrons. The molecule has 0 unspecified atom stereocenters. The van der Waals surface area contributed by atoms with Crippen LogP contribution in [0.5, 0.6) is 5.75 Å². The molecule has 1 amide bonds. The number of methoxy groups -OCH3 is 1. The lowest BCUT2D eigenvalue weighted by Crippen LogP contribution is -2.16. The Hall–Kier alpha value is -2.91. The molecule has 3 aromatic rings. The first kappa shape index (κ1) is 18.9. The quantitative estimate of drug-likeness (QED) is 0.348. The highest BCUT2D eigenvalue weighted by Crippen LogP contribution is 2.32. The van der Waals surface area contributed by atoms with E-state index in [4.69, 9.17) is 20.8 Å². The van der Waals surface area contributed by atoms with E-state index < -0.39 is 10.8 Å². The molecule has 2 aromatic carbocycles. The first-order valence-electron chi connectivity index (χ1n) is 7.43. The van der Waals surface area contributed by atoms with Gasteiger partial charge in [0.15, 0.2) is 17.1 Å². The summed E-state index contributed by atoms with van der Waals surface area (Å²) in [5.74, 6) is -0.0554. The first-order chi connectivity index (χ1) is 12.9. The van der Waals surface area contributed by atoms with Crippen LogP contribution in [0.4, 0.5) is 5.69 Å². The zero-order valence-electron chi connectivity index (χ0n) is 13.7. The number of ether oxygens (including phenoxy) is 1. The van der Waals surface area contributed by atoms with Crippen LogP contribution < -0.4 is 10.2 Å². The smallest absolute Gasteiger partial charge is 0.307 e. The molecule has 0 fully saturated rings. The van der Waals surface area contributed by atoms with Gasteiger partial charge in [-0.05, 0) is 24.3 Å². The minimum Gasteiger partial charge on any atom is -0.493 e. The second-order valence-electron chi connectivity index (χ2n) is 5.30. The fraction of sp³-hybridized carbons (Fsp3) is 0.0588. The van der Waals surface area contributed by atoms with E-state index in [1.807, 2.05) is 0 Å². The van der Waals surface area contributed by atoms with Gasteiger partial charge in [-0.2, -0.15) is 5.10 Å². The molecule has 3 rings (SSSR count). The molecule has 0 saturated heterocycles. The number of hydrogen-bond donors (Lipinski definition) is 1. The molecular formula is C17H11BrClN3O5. The van der Waals surface area contributed by atoms with Gasteiger partial charge >= 0.3 is 5.91 Å². The average Bonchev–Trinajstić information content (AvgIpc) is 3.06. The lowest BCUT2D eigenvalue weighted by Gasteiger charge is -2.00. The number of fused-ring (bicyclic) bond motifs is 1. The van der Waals surface area contributed by atoms with Gasteiger partial charge in [-0.3, -0.25) is 14.9 Å². The number of amides is 1. The summed E-state index contributed by atoms with van der Waals surface area (Å²) in [6.45, 7) is 0. The maximum absolute atomic E-state index is 12.2. The minimum absolute atomic E-state index is 0.0172. The fourth-order valence-electron chi connectivity index (χ4n) is 2.32. The van der Waals surface area contributed by atoms with Crippen LogP contribution in [-0.2, 0) is 0 Å². The number of nitrogens with one attached hydrogen (secondary N) is 1. The van der Waals surface area contributed by atoms with E-state index in [0.29, 0.717) is 22.3 Å². The van der Waals surface area contributed by atoms with Crippen LogP contribution in [-0.4, -0.2) is 24.2 Å². The highest BCUT2D eigenvalue weighted by atomic mass is 79.9. The van der Waals surface area contributed by atoms with E-state index in [1.54, 1.807) is 18.2 Å². The van der Waals surface area contributed by atoms with E-state index in [-0.39, 0.29) is 16.5 Å². The van der Waals surface area contributed by atoms with Crippen LogP contribution in [0.2, 0.25) is 5.02 Å². The molecule has 0 spiro atoms. The van der Waals surface area contributed by atoms with E-state index in [0.717, 1.165) is 4.47 Å². The molecule has 0 atom stereocenters. The van der Waals surface area contributed by atoms with Crippen molar-refractivity contribution in [3.05, 3.63) is 67.3 Å². The van der Waals surface area contributed by atoms with Crippen LogP contribution >= 0.6 is 27.5 Å². The topological polar surface area (TPSA) is 107 Å². The Bertz CT molecular complexity index is 1080. The van der Waals surface area contributed by atoms with Crippen molar-refractivity contribution in [2.24, 2.45) is 5.10 Å². The molecular weight excluding hydrogens is 442 g/mol. The minimum atomic E-state index is -0.599. The third-order valence-electron chi connectivity index (χ3n) is 3.54. The Balaban J connectivity index is 1.78. The molecule has 0 bridgehead atoms. The van der Waals surface area contributed by atoms with Gasteiger partial charge < -0.3 is 9.15 Å². The zero-order chi connectivity index (χ0) is 19.6. The zero-order valence-corrected chi connectivity index (χ0v) is 16.1. The van der Waals surface area contributed by atoms with E-state index in [2.05, 4.69) is 26.5 Å². The third kappa shape index (κ3) is 4.09. The second kappa shape index (κ2) is 7.77. The molecule has 0 saturated carbocycles. The third-order valence-corrected chi connectivity index (χ3v) is 4.31. The molecule has 0 aliphatic heterocycles. The van der Waals surface area contributed by atoms with E-state index in [9.17, 15) is 14.9 Å². The van der Waals surface area contributed by atoms with Crippen molar-refractivity contribution in [3.8, 4) is 5.75 Å². The molecule has 138 valence electrons. The predicted molar refractivity (Wildman–Crippen MR) is 104 cm³/mol. The molecule has 0 aliphatic carbocycles. The highest BCUT2D eigenvalue weighted by Gasteiger charge is 2.16. The number of nitro benzene ring substituents is 1. The number of carbonyl (C=O) groups excluding carboxylic acids is 1. The van der Waals surface area contributed by atoms with E-state index >= 15 is 0 Å². The normalized spacial score (nSPS) is 11.1. The van der Waals surface area contributed by atoms with Gasteiger partial charge in [-0.15, -0.1) is 0 Å². The van der Waals surface area contributed by atoms with Crippen molar-refractivity contribution in [2.45, 2.75) is 0 Å². The van der Waals surface area contributed by atoms with Crippen LogP contribution in [0.1, 0.15) is 16.1 Å². The summed E-state index contributed by atoms with van der Waals surface area (Å²) in [5.41, 5.74) is 2.89. The summed E-state index contributed by atoms with van der Waals surface area (Å²) in [4.78, 5) is 22.5. The van der Waals surface area contributed by atoms with Crippen molar-refractivity contribution >= 4 is 56.3 Å². The molecule has 1 aromatic heterocycles. The largest absolute Gasteiger partial charge is 0.493 e. The van der Waals surface area contributed by atoms with Crippen LogP contribution in [0.25, 0.3) is 11.0 Å². The molecule has 10 heteroatoms. The number of hydrazone groups is 1. The van der Waals surface area contributed by atoms with Crippen molar-refractivity contribution in [3.63, 3.8) is 0 Å².